The fraction of sp³-hybridized carbons (Fsp3) is 0.138. The number of para-hydroxylation sites is 3. The van der Waals surface area contributed by atoms with Crippen LogP contribution in [-0.2, 0) is 10.8 Å². The van der Waals surface area contributed by atoms with Crippen LogP contribution in [0.15, 0.2) is 184 Å². The van der Waals surface area contributed by atoms with Gasteiger partial charge in [0.25, 0.3) is 6.71 Å². The molecule has 0 saturated heterocycles. The Morgan fingerprint density at radius 2 is 1.06 bits per heavy atom. The molecule has 0 fully saturated rings. The molecular formula is C58H46BN3OS2. The van der Waals surface area contributed by atoms with Gasteiger partial charge >= 0.3 is 0 Å². The molecule has 0 N–H and O–H groups in total. The number of anilines is 9. The number of hydrogen-bond acceptors (Lipinski definition) is 6. The van der Waals surface area contributed by atoms with Gasteiger partial charge < -0.3 is 19.1 Å². The van der Waals surface area contributed by atoms with Crippen molar-refractivity contribution in [3.63, 3.8) is 0 Å². The van der Waals surface area contributed by atoms with Gasteiger partial charge in [-0.2, -0.15) is 0 Å². The van der Waals surface area contributed by atoms with Crippen LogP contribution in [0.2, 0.25) is 0 Å². The number of hydrogen-bond donors (Lipinski definition) is 0. The van der Waals surface area contributed by atoms with E-state index >= 15 is 0 Å². The maximum Gasteiger partial charge on any atom is 0.264 e. The van der Waals surface area contributed by atoms with Crippen LogP contribution >= 0.6 is 23.1 Å². The van der Waals surface area contributed by atoms with Crippen LogP contribution in [0.3, 0.4) is 0 Å². The van der Waals surface area contributed by atoms with E-state index in [1.807, 2.05) is 23.1 Å². The standard InChI is InChI=1S/C58H46BN3OS2/c1-57(2,3)35-23-27-38(28-24-35)61-44-19-14-20-45-51(44)59(56-52(61)41-31-34-48-50(54(41)65-56)40-17-10-12-21-47(40)63-48)42-32-33-46-55(53(42)62(45)39-29-25-36(26-30-39)58(4,5)6)64-49-22-13-11-18-43(49)60(46)37-15-8-7-9-16-37/h7-34H,1-6H3. The van der Waals surface area contributed by atoms with Crippen molar-refractivity contribution in [3.8, 4) is 0 Å². The summed E-state index contributed by atoms with van der Waals surface area (Å²) in [4.78, 5) is 10.1. The van der Waals surface area contributed by atoms with Crippen molar-refractivity contribution >= 4 is 129 Å². The third kappa shape index (κ3) is 5.71. The molecule has 3 aliphatic heterocycles. The van der Waals surface area contributed by atoms with Crippen molar-refractivity contribution in [1.29, 1.82) is 0 Å². The summed E-state index contributed by atoms with van der Waals surface area (Å²) in [5.74, 6) is 0. The predicted molar refractivity (Wildman–Crippen MR) is 279 cm³/mol. The molecule has 0 spiro atoms. The summed E-state index contributed by atoms with van der Waals surface area (Å²) >= 11 is 3.84. The lowest BCUT2D eigenvalue weighted by Crippen LogP contribution is -2.60. The molecule has 0 aliphatic carbocycles. The number of benzene rings is 8. The van der Waals surface area contributed by atoms with Gasteiger partial charge in [-0.05, 0) is 118 Å². The van der Waals surface area contributed by atoms with Crippen LogP contribution < -0.4 is 30.4 Å². The first-order chi connectivity index (χ1) is 31.5. The first-order valence-electron chi connectivity index (χ1n) is 22.6. The Bertz CT molecular complexity index is 3560. The van der Waals surface area contributed by atoms with E-state index in [-0.39, 0.29) is 17.5 Å². The molecule has 0 unspecified atom stereocenters. The molecule has 65 heavy (non-hydrogen) atoms. The van der Waals surface area contributed by atoms with Gasteiger partial charge in [0.1, 0.15) is 11.2 Å². The lowest BCUT2D eigenvalue weighted by molar-refractivity contribution is 0.590. The summed E-state index contributed by atoms with van der Waals surface area (Å²) in [6, 6.07) is 63.3. The Morgan fingerprint density at radius 1 is 0.462 bits per heavy atom. The summed E-state index contributed by atoms with van der Waals surface area (Å²) < 4.78 is 9.17. The van der Waals surface area contributed by atoms with Crippen molar-refractivity contribution in [3.05, 3.63) is 181 Å². The quantitative estimate of drug-likeness (QED) is 0.165. The first kappa shape index (κ1) is 38.8. The predicted octanol–water partition coefficient (Wildman–Crippen LogP) is 15.4. The Balaban J connectivity index is 1.14. The fourth-order valence-corrected chi connectivity index (χ4v) is 13.3. The average Bonchev–Trinajstić information content (AvgIpc) is 3.89. The van der Waals surface area contributed by atoms with Crippen molar-refractivity contribution in [2.24, 2.45) is 0 Å². The van der Waals surface area contributed by atoms with Gasteiger partial charge in [-0.25, -0.2) is 0 Å². The highest BCUT2D eigenvalue weighted by Crippen LogP contribution is 2.58. The molecule has 314 valence electrons. The van der Waals surface area contributed by atoms with Crippen LogP contribution in [0.5, 0.6) is 0 Å². The molecule has 5 heterocycles. The Morgan fingerprint density at radius 3 is 1.75 bits per heavy atom. The monoisotopic (exact) mass is 875 g/mol. The maximum atomic E-state index is 6.56. The van der Waals surface area contributed by atoms with Gasteiger partial charge in [0.2, 0.25) is 0 Å². The van der Waals surface area contributed by atoms with Gasteiger partial charge in [0, 0.05) is 59.0 Å². The normalized spacial score (nSPS) is 14.1. The molecule has 0 radical (unpaired) electrons. The van der Waals surface area contributed by atoms with Crippen LogP contribution in [-0.4, -0.2) is 6.71 Å². The summed E-state index contributed by atoms with van der Waals surface area (Å²) in [6.45, 7) is 13.7. The lowest BCUT2D eigenvalue weighted by Gasteiger charge is -2.45. The maximum absolute atomic E-state index is 6.56. The van der Waals surface area contributed by atoms with Crippen LogP contribution in [0, 0.1) is 0 Å². The first-order valence-corrected chi connectivity index (χ1v) is 24.3. The topological polar surface area (TPSA) is 22.9 Å². The zero-order chi connectivity index (χ0) is 43.9. The number of furan rings is 1. The summed E-state index contributed by atoms with van der Waals surface area (Å²) in [7, 11) is 0. The third-order valence-electron chi connectivity index (χ3n) is 13.7. The van der Waals surface area contributed by atoms with Crippen molar-refractivity contribution in [2.75, 3.05) is 14.7 Å². The van der Waals surface area contributed by atoms with Crippen LogP contribution in [0.4, 0.5) is 51.2 Å². The number of thiophene rings is 1. The molecule has 0 atom stereocenters. The lowest BCUT2D eigenvalue weighted by atomic mass is 9.36. The van der Waals surface area contributed by atoms with Crippen LogP contribution in [0.25, 0.3) is 32.0 Å². The molecule has 13 rings (SSSR count). The van der Waals surface area contributed by atoms with Gasteiger partial charge in [0.15, 0.2) is 0 Å². The average molecular weight is 876 g/mol. The number of nitrogens with zero attached hydrogens (tertiary/aromatic N) is 3. The molecule has 0 bridgehead atoms. The molecule has 7 heteroatoms. The van der Waals surface area contributed by atoms with E-state index in [0.29, 0.717) is 0 Å². The van der Waals surface area contributed by atoms with E-state index in [1.165, 1.54) is 86.2 Å². The zero-order valence-corrected chi connectivity index (χ0v) is 38.9. The molecule has 4 nitrogen and oxygen atoms in total. The van der Waals surface area contributed by atoms with E-state index in [1.54, 1.807) is 0 Å². The minimum absolute atomic E-state index is 0.0244. The highest BCUT2D eigenvalue weighted by molar-refractivity contribution is 8.00. The summed E-state index contributed by atoms with van der Waals surface area (Å²) in [6.07, 6.45) is 0. The van der Waals surface area contributed by atoms with Crippen molar-refractivity contribution < 1.29 is 4.42 Å². The second-order valence-corrected chi connectivity index (χ2v) is 21.8. The molecule has 0 amide bonds. The second kappa shape index (κ2) is 13.9. The Labute approximate surface area is 388 Å². The molecule has 8 aromatic carbocycles. The largest absolute Gasteiger partial charge is 0.456 e. The van der Waals surface area contributed by atoms with E-state index in [0.717, 1.165) is 33.6 Å². The second-order valence-electron chi connectivity index (χ2n) is 19.7. The van der Waals surface area contributed by atoms with Gasteiger partial charge in [-0.1, -0.05) is 138 Å². The molecule has 2 aromatic heterocycles. The molecular weight excluding hydrogens is 830 g/mol. The van der Waals surface area contributed by atoms with E-state index in [9.17, 15) is 0 Å². The van der Waals surface area contributed by atoms with Gasteiger partial charge in [-0.3, -0.25) is 0 Å². The third-order valence-corrected chi connectivity index (χ3v) is 16.2. The van der Waals surface area contributed by atoms with E-state index in [4.69, 9.17) is 4.42 Å². The molecule has 0 saturated carbocycles. The Kier molecular flexibility index (Phi) is 8.30. The highest BCUT2D eigenvalue weighted by atomic mass is 32.2. The number of fused-ring (bicyclic) bond motifs is 13. The summed E-state index contributed by atoms with van der Waals surface area (Å²) in [5.41, 5.74) is 17.9. The number of rotatable bonds is 3. The minimum Gasteiger partial charge on any atom is -0.456 e. The summed E-state index contributed by atoms with van der Waals surface area (Å²) in [5, 5.41) is 3.60. The molecule has 10 aromatic rings. The van der Waals surface area contributed by atoms with Gasteiger partial charge in [0.05, 0.1) is 27.6 Å². The van der Waals surface area contributed by atoms with Crippen molar-refractivity contribution in [2.45, 2.75) is 62.2 Å². The zero-order valence-electron chi connectivity index (χ0n) is 37.3. The fourth-order valence-electron chi connectivity index (χ4n) is 10.6. The van der Waals surface area contributed by atoms with Gasteiger partial charge in [-0.15, -0.1) is 11.3 Å². The van der Waals surface area contributed by atoms with Crippen LogP contribution in [0.1, 0.15) is 52.7 Å². The van der Waals surface area contributed by atoms with Crippen molar-refractivity contribution in [1.82, 2.24) is 0 Å². The van der Waals surface area contributed by atoms with E-state index < -0.39 is 0 Å². The highest BCUT2D eigenvalue weighted by Gasteiger charge is 2.47. The smallest absolute Gasteiger partial charge is 0.264 e. The SMILES string of the molecule is CC(C)(C)c1ccc(N2c3cccc4c3B(c3ccc5c(c32)Sc2ccccc2N5c2ccccc2)c2sc3c(ccc5oc6ccccc6c53)c2N4c2ccc(C(C)(C)C)cc2)cc1. The van der Waals surface area contributed by atoms with E-state index in [2.05, 4.69) is 226 Å². The molecule has 3 aliphatic rings. The minimum atomic E-state index is -0.0275. The Hall–Kier alpha value is -6.67.